The van der Waals surface area contributed by atoms with E-state index in [1.165, 1.54) is 5.56 Å². The van der Waals surface area contributed by atoms with E-state index in [0.29, 0.717) is 22.4 Å². The van der Waals surface area contributed by atoms with Crippen LogP contribution in [0.5, 0.6) is 0 Å². The molecule has 156 valence electrons. The first-order chi connectivity index (χ1) is 14.1. The molecule has 0 fully saturated rings. The molecule has 0 aliphatic heterocycles. The third-order valence-electron chi connectivity index (χ3n) is 5.04. The second-order valence-electron chi connectivity index (χ2n) is 8.72. The van der Waals surface area contributed by atoms with E-state index >= 15 is 0 Å². The number of aromatic amines is 1. The molecule has 0 saturated carbocycles. The maximum Gasteiger partial charge on any atom is 0.255 e. The monoisotopic (exact) mass is 405 g/mol. The number of aromatic nitrogens is 5. The van der Waals surface area contributed by atoms with E-state index in [1.54, 1.807) is 12.4 Å². The Bertz CT molecular complexity index is 1250. The number of hydrogen-bond acceptors (Lipinski definition) is 5. The number of hydrogen-bond donors (Lipinski definition) is 2. The molecule has 8 nitrogen and oxygen atoms in total. The molecule has 1 amide bonds. The number of nitrogens with zero attached hydrogens (tertiary/aromatic N) is 5. The summed E-state index contributed by atoms with van der Waals surface area (Å²) in [7, 11) is 5.88. The molecule has 4 aromatic rings. The summed E-state index contributed by atoms with van der Waals surface area (Å²) in [6, 6.07) is 6.20. The number of aryl methyl sites for hydroxylation is 2. The summed E-state index contributed by atoms with van der Waals surface area (Å²) >= 11 is 0. The van der Waals surface area contributed by atoms with Crippen molar-refractivity contribution in [2.75, 3.05) is 20.6 Å². The summed E-state index contributed by atoms with van der Waals surface area (Å²) in [6.07, 6.45) is 3.35. The van der Waals surface area contributed by atoms with Crippen LogP contribution in [0.1, 0.15) is 29.8 Å². The normalized spacial score (nSPS) is 12.2. The fraction of sp³-hybridized carbons (Fsp3) is 0.364. The van der Waals surface area contributed by atoms with Gasteiger partial charge in [0.25, 0.3) is 5.91 Å². The molecular weight excluding hydrogens is 378 g/mol. The number of nitrogens with one attached hydrogen (secondary N) is 2. The van der Waals surface area contributed by atoms with Gasteiger partial charge in [0.1, 0.15) is 16.9 Å². The van der Waals surface area contributed by atoms with Gasteiger partial charge in [-0.05, 0) is 46.5 Å². The van der Waals surface area contributed by atoms with Crippen LogP contribution in [-0.4, -0.2) is 61.7 Å². The lowest BCUT2D eigenvalue weighted by atomic mass is 10.0. The topological polar surface area (TPSA) is 91.7 Å². The van der Waals surface area contributed by atoms with Gasteiger partial charge in [-0.3, -0.25) is 9.48 Å². The van der Waals surface area contributed by atoms with Crippen molar-refractivity contribution in [2.24, 2.45) is 7.05 Å². The van der Waals surface area contributed by atoms with Crippen LogP contribution < -0.4 is 5.32 Å². The van der Waals surface area contributed by atoms with Gasteiger partial charge >= 0.3 is 0 Å². The fourth-order valence-electron chi connectivity index (χ4n) is 3.94. The fourth-order valence-corrected chi connectivity index (χ4v) is 3.94. The van der Waals surface area contributed by atoms with Crippen LogP contribution >= 0.6 is 0 Å². The predicted molar refractivity (Wildman–Crippen MR) is 118 cm³/mol. The molecule has 3 aromatic heterocycles. The highest BCUT2D eigenvalue weighted by atomic mass is 16.1. The Morgan fingerprint density at radius 2 is 2.07 bits per heavy atom. The Balaban J connectivity index is 1.75. The van der Waals surface area contributed by atoms with Crippen molar-refractivity contribution >= 4 is 28.0 Å². The summed E-state index contributed by atoms with van der Waals surface area (Å²) < 4.78 is 1.85. The van der Waals surface area contributed by atoms with E-state index in [4.69, 9.17) is 4.98 Å². The molecule has 8 heteroatoms. The summed E-state index contributed by atoms with van der Waals surface area (Å²) in [5.41, 5.74) is 4.79. The van der Waals surface area contributed by atoms with Crippen molar-refractivity contribution in [3.05, 3.63) is 41.7 Å². The molecule has 4 rings (SSSR count). The number of carbonyl (C=O) groups excluding carboxylic acids is 1. The maximum atomic E-state index is 13.0. The minimum absolute atomic E-state index is 0.180. The molecule has 30 heavy (non-hydrogen) atoms. The Morgan fingerprint density at radius 3 is 2.80 bits per heavy atom. The molecule has 0 unspecified atom stereocenters. The number of benzene rings is 1. The first kappa shape index (κ1) is 20.0. The second-order valence-corrected chi connectivity index (χ2v) is 8.72. The third-order valence-corrected chi connectivity index (χ3v) is 5.04. The summed E-state index contributed by atoms with van der Waals surface area (Å²) in [5.74, 6) is -0.180. The molecule has 3 heterocycles. The van der Waals surface area contributed by atoms with E-state index in [-0.39, 0.29) is 11.4 Å². The minimum Gasteiger partial charge on any atom is -0.346 e. The number of amides is 1. The molecular formula is C22H27N7O. The first-order valence-corrected chi connectivity index (χ1v) is 9.90. The predicted octanol–water partition coefficient (Wildman–Crippen LogP) is 2.89. The lowest BCUT2D eigenvalue weighted by molar-refractivity contribution is 0.0901. The van der Waals surface area contributed by atoms with Gasteiger partial charge in [-0.25, -0.2) is 9.97 Å². The SMILES string of the molecule is Cc1ccc2c(-c3cnc4[nH]cc(C(=O)NC(C)(C)CN(C)C)c4n3)nn(C)c2c1. The Kier molecular flexibility index (Phi) is 4.82. The number of rotatable bonds is 5. The van der Waals surface area contributed by atoms with Gasteiger partial charge in [-0.2, -0.15) is 5.10 Å². The molecule has 1 aromatic carbocycles. The van der Waals surface area contributed by atoms with Gasteiger partial charge in [0.15, 0.2) is 5.65 Å². The zero-order valence-electron chi connectivity index (χ0n) is 18.2. The lowest BCUT2D eigenvalue weighted by Crippen LogP contribution is -2.49. The van der Waals surface area contributed by atoms with E-state index in [2.05, 4.69) is 39.4 Å². The first-order valence-electron chi connectivity index (χ1n) is 9.90. The summed E-state index contributed by atoms with van der Waals surface area (Å²) in [4.78, 5) is 27.3. The lowest BCUT2D eigenvalue weighted by Gasteiger charge is -2.29. The average Bonchev–Trinajstić information content (AvgIpc) is 3.21. The standard InChI is InChI=1S/C22H27N7O/c1-13-7-8-14-17(9-13)29(6)27-18(14)16-11-24-20-19(25-16)15(10-23-20)21(30)26-22(2,3)12-28(4)5/h7-11H,12H2,1-6H3,(H,23,24)(H,26,30). The van der Waals surface area contributed by atoms with Gasteiger partial charge in [0.2, 0.25) is 0 Å². The van der Waals surface area contributed by atoms with Gasteiger partial charge in [-0.1, -0.05) is 12.1 Å². The summed E-state index contributed by atoms with van der Waals surface area (Å²) in [5, 5.41) is 8.76. The van der Waals surface area contributed by atoms with Crippen LogP contribution in [0.2, 0.25) is 0 Å². The quantitative estimate of drug-likeness (QED) is 0.533. The van der Waals surface area contributed by atoms with Gasteiger partial charge in [0, 0.05) is 30.7 Å². The highest BCUT2D eigenvalue weighted by Gasteiger charge is 2.24. The third kappa shape index (κ3) is 3.66. The molecule has 0 aliphatic carbocycles. The number of fused-ring (bicyclic) bond motifs is 2. The Hall–Kier alpha value is -3.26. The Labute approximate surface area is 175 Å². The zero-order valence-corrected chi connectivity index (χ0v) is 18.2. The van der Waals surface area contributed by atoms with Crippen molar-refractivity contribution in [1.29, 1.82) is 0 Å². The molecule has 2 N–H and O–H groups in total. The maximum absolute atomic E-state index is 13.0. The number of likely N-dealkylation sites (N-methyl/N-ethyl adjacent to an activating group) is 1. The van der Waals surface area contributed by atoms with Crippen LogP contribution in [0.3, 0.4) is 0 Å². The Morgan fingerprint density at radius 1 is 1.30 bits per heavy atom. The van der Waals surface area contributed by atoms with Crippen LogP contribution in [0, 0.1) is 6.92 Å². The molecule has 0 atom stereocenters. The zero-order chi connectivity index (χ0) is 21.6. The van der Waals surface area contributed by atoms with Gasteiger partial charge in [0.05, 0.1) is 17.3 Å². The van der Waals surface area contributed by atoms with Crippen molar-refractivity contribution in [1.82, 2.24) is 34.9 Å². The van der Waals surface area contributed by atoms with Crippen molar-refractivity contribution in [2.45, 2.75) is 26.3 Å². The summed E-state index contributed by atoms with van der Waals surface area (Å²) in [6.45, 7) is 6.77. The smallest absolute Gasteiger partial charge is 0.255 e. The van der Waals surface area contributed by atoms with E-state index in [0.717, 1.165) is 23.1 Å². The van der Waals surface area contributed by atoms with E-state index < -0.39 is 0 Å². The average molecular weight is 406 g/mol. The highest BCUT2D eigenvalue weighted by molar-refractivity contribution is 6.05. The minimum atomic E-state index is -0.385. The molecule has 0 aliphatic rings. The second kappa shape index (κ2) is 7.21. The van der Waals surface area contributed by atoms with Crippen LogP contribution in [-0.2, 0) is 7.05 Å². The van der Waals surface area contributed by atoms with Crippen LogP contribution in [0.15, 0.2) is 30.6 Å². The van der Waals surface area contributed by atoms with E-state index in [9.17, 15) is 4.79 Å². The number of H-pyrrole nitrogens is 1. The van der Waals surface area contributed by atoms with E-state index in [1.807, 2.05) is 50.6 Å². The molecule has 0 bridgehead atoms. The molecule has 0 radical (unpaired) electrons. The highest BCUT2D eigenvalue weighted by Crippen LogP contribution is 2.28. The van der Waals surface area contributed by atoms with Crippen molar-refractivity contribution in [3.8, 4) is 11.4 Å². The van der Waals surface area contributed by atoms with Crippen LogP contribution in [0.25, 0.3) is 33.5 Å². The van der Waals surface area contributed by atoms with Crippen LogP contribution in [0.4, 0.5) is 0 Å². The largest absolute Gasteiger partial charge is 0.346 e. The van der Waals surface area contributed by atoms with Gasteiger partial charge in [-0.15, -0.1) is 0 Å². The molecule has 0 spiro atoms. The van der Waals surface area contributed by atoms with Gasteiger partial charge < -0.3 is 15.2 Å². The number of carbonyl (C=O) groups is 1. The van der Waals surface area contributed by atoms with Crippen molar-refractivity contribution in [3.63, 3.8) is 0 Å². The van der Waals surface area contributed by atoms with Crippen molar-refractivity contribution < 1.29 is 4.79 Å². The molecule has 0 saturated heterocycles.